The van der Waals surface area contributed by atoms with Gasteiger partial charge in [0.15, 0.2) is 0 Å². The average Bonchev–Trinajstić information content (AvgIpc) is 2.42. The molecule has 2 aliphatic rings. The Morgan fingerprint density at radius 2 is 2.10 bits per heavy atom. The summed E-state index contributed by atoms with van der Waals surface area (Å²) in [4.78, 5) is 17.8. The smallest absolute Gasteiger partial charge is 0.337 e. The van der Waals surface area contributed by atoms with Crippen LogP contribution in [0.5, 0.6) is 0 Å². The number of hydrogen-bond donors (Lipinski definition) is 3. The zero-order valence-corrected chi connectivity index (χ0v) is 12.2. The van der Waals surface area contributed by atoms with E-state index in [2.05, 4.69) is 22.2 Å². The number of carboxylic acids is 1. The molecule has 2 fully saturated rings. The standard InChI is InChI=1S/C15H22N4O2/c1-19-10-3-2-4-11(19)8-9(7-10)18-14-13(16)12(15(20)21)5-6-17-14/h5-6,9-11H,2-4,7-8,16H2,1H3,(H,17,18)(H,20,21). The van der Waals surface area contributed by atoms with E-state index in [4.69, 9.17) is 10.8 Å². The number of pyridine rings is 1. The third-order valence-electron chi connectivity index (χ3n) is 4.90. The first kappa shape index (κ1) is 14.1. The molecule has 2 saturated heterocycles. The molecule has 4 N–H and O–H groups in total. The summed E-state index contributed by atoms with van der Waals surface area (Å²) in [7, 11) is 2.21. The van der Waals surface area contributed by atoms with Crippen LogP contribution in [0.2, 0.25) is 0 Å². The molecule has 2 atom stereocenters. The largest absolute Gasteiger partial charge is 0.478 e. The molecule has 3 heterocycles. The molecule has 0 aliphatic carbocycles. The first-order chi connectivity index (χ1) is 10.1. The van der Waals surface area contributed by atoms with Crippen molar-refractivity contribution in [2.75, 3.05) is 18.1 Å². The molecule has 2 unspecified atom stereocenters. The minimum atomic E-state index is -1.02. The monoisotopic (exact) mass is 290 g/mol. The highest BCUT2D eigenvalue weighted by Crippen LogP contribution is 2.34. The van der Waals surface area contributed by atoms with Gasteiger partial charge in [-0.15, -0.1) is 0 Å². The zero-order chi connectivity index (χ0) is 15.0. The molecule has 1 aromatic heterocycles. The molecule has 6 heteroatoms. The molecular weight excluding hydrogens is 268 g/mol. The lowest BCUT2D eigenvalue weighted by atomic mass is 9.82. The Labute approximate surface area is 124 Å². The van der Waals surface area contributed by atoms with Crippen LogP contribution in [0.4, 0.5) is 11.5 Å². The van der Waals surface area contributed by atoms with Crippen molar-refractivity contribution >= 4 is 17.5 Å². The Kier molecular flexibility index (Phi) is 3.71. The number of piperidine rings is 2. The summed E-state index contributed by atoms with van der Waals surface area (Å²) in [5, 5.41) is 12.5. The van der Waals surface area contributed by atoms with Crippen molar-refractivity contribution in [3.63, 3.8) is 0 Å². The van der Waals surface area contributed by atoms with Gasteiger partial charge in [-0.2, -0.15) is 0 Å². The molecule has 0 spiro atoms. The van der Waals surface area contributed by atoms with Crippen LogP contribution < -0.4 is 11.1 Å². The van der Waals surface area contributed by atoms with Gasteiger partial charge in [0.2, 0.25) is 0 Å². The number of nitrogens with two attached hydrogens (primary N) is 1. The molecule has 1 aromatic rings. The van der Waals surface area contributed by atoms with E-state index in [1.165, 1.54) is 31.5 Å². The minimum absolute atomic E-state index is 0.112. The van der Waals surface area contributed by atoms with Gasteiger partial charge in [0.25, 0.3) is 0 Å². The number of carbonyl (C=O) groups is 1. The molecule has 0 radical (unpaired) electrons. The number of aromatic nitrogens is 1. The molecule has 2 bridgehead atoms. The highest BCUT2D eigenvalue weighted by atomic mass is 16.4. The second-order valence-electron chi connectivity index (χ2n) is 6.14. The quantitative estimate of drug-likeness (QED) is 0.786. The molecule has 6 nitrogen and oxygen atoms in total. The number of aromatic carboxylic acids is 1. The van der Waals surface area contributed by atoms with E-state index < -0.39 is 5.97 Å². The van der Waals surface area contributed by atoms with Crippen LogP contribution in [-0.2, 0) is 0 Å². The van der Waals surface area contributed by atoms with Gasteiger partial charge in [0.1, 0.15) is 5.82 Å². The van der Waals surface area contributed by atoms with Crippen LogP contribution in [-0.4, -0.2) is 46.1 Å². The van der Waals surface area contributed by atoms with E-state index in [0.29, 0.717) is 23.9 Å². The summed E-state index contributed by atoms with van der Waals surface area (Å²) in [5.41, 5.74) is 6.27. The lowest BCUT2D eigenvalue weighted by molar-refractivity contribution is 0.0607. The SMILES string of the molecule is CN1C2CCCC1CC(Nc1nccc(C(=O)O)c1N)C2. The second-order valence-corrected chi connectivity index (χ2v) is 6.14. The van der Waals surface area contributed by atoms with Gasteiger partial charge >= 0.3 is 5.97 Å². The number of nitrogens with one attached hydrogen (secondary N) is 1. The fourth-order valence-corrected chi connectivity index (χ4v) is 3.70. The van der Waals surface area contributed by atoms with Crippen LogP contribution in [0.3, 0.4) is 0 Å². The lowest BCUT2D eigenvalue weighted by Crippen LogP contribution is -2.52. The number of hydrogen-bond acceptors (Lipinski definition) is 5. The fraction of sp³-hybridized carbons (Fsp3) is 0.600. The third-order valence-corrected chi connectivity index (χ3v) is 4.90. The van der Waals surface area contributed by atoms with Crippen molar-refractivity contribution in [3.8, 4) is 0 Å². The van der Waals surface area contributed by atoms with E-state index in [1.807, 2.05) is 0 Å². The number of anilines is 2. The zero-order valence-electron chi connectivity index (χ0n) is 12.2. The van der Waals surface area contributed by atoms with Crippen LogP contribution in [0, 0.1) is 0 Å². The van der Waals surface area contributed by atoms with E-state index in [9.17, 15) is 4.79 Å². The predicted octanol–water partition coefficient (Wildman–Crippen LogP) is 1.79. The van der Waals surface area contributed by atoms with E-state index in [-0.39, 0.29) is 11.3 Å². The van der Waals surface area contributed by atoms with Crippen molar-refractivity contribution < 1.29 is 9.90 Å². The minimum Gasteiger partial charge on any atom is -0.478 e. The van der Waals surface area contributed by atoms with Crippen molar-refractivity contribution in [2.45, 2.75) is 50.2 Å². The van der Waals surface area contributed by atoms with Crippen molar-refractivity contribution in [3.05, 3.63) is 17.8 Å². The Morgan fingerprint density at radius 1 is 1.43 bits per heavy atom. The molecular formula is C15H22N4O2. The number of nitrogen functional groups attached to an aromatic ring is 1. The lowest BCUT2D eigenvalue weighted by Gasteiger charge is -2.47. The fourth-order valence-electron chi connectivity index (χ4n) is 3.70. The highest BCUT2D eigenvalue weighted by molar-refractivity contribution is 5.96. The second kappa shape index (κ2) is 5.52. The molecule has 2 aliphatic heterocycles. The first-order valence-electron chi connectivity index (χ1n) is 7.52. The summed E-state index contributed by atoms with van der Waals surface area (Å²) < 4.78 is 0. The van der Waals surface area contributed by atoms with Gasteiger partial charge < -0.3 is 21.1 Å². The first-order valence-corrected chi connectivity index (χ1v) is 7.52. The number of rotatable bonds is 3. The van der Waals surface area contributed by atoms with E-state index >= 15 is 0 Å². The van der Waals surface area contributed by atoms with Crippen molar-refractivity contribution in [1.29, 1.82) is 0 Å². The molecule has 0 amide bonds. The Bertz CT molecular complexity index is 534. The van der Waals surface area contributed by atoms with Gasteiger partial charge in [0, 0.05) is 24.3 Å². The van der Waals surface area contributed by atoms with Crippen LogP contribution in [0.25, 0.3) is 0 Å². The normalized spacial score (nSPS) is 29.1. The highest BCUT2D eigenvalue weighted by Gasteiger charge is 2.36. The summed E-state index contributed by atoms with van der Waals surface area (Å²) in [5.74, 6) is -0.513. The third kappa shape index (κ3) is 2.68. The molecule has 114 valence electrons. The van der Waals surface area contributed by atoms with Gasteiger partial charge in [-0.3, -0.25) is 0 Å². The Balaban J connectivity index is 1.76. The molecule has 0 aromatic carbocycles. The molecule has 21 heavy (non-hydrogen) atoms. The molecule has 3 rings (SSSR count). The summed E-state index contributed by atoms with van der Waals surface area (Å²) >= 11 is 0. The summed E-state index contributed by atoms with van der Waals surface area (Å²) in [6, 6.07) is 2.97. The Hall–Kier alpha value is -1.82. The number of nitrogens with zero attached hydrogens (tertiary/aromatic N) is 2. The summed E-state index contributed by atoms with van der Waals surface area (Å²) in [6.45, 7) is 0. The van der Waals surface area contributed by atoms with Crippen LogP contribution >= 0.6 is 0 Å². The van der Waals surface area contributed by atoms with Gasteiger partial charge in [-0.25, -0.2) is 9.78 Å². The topological polar surface area (TPSA) is 91.5 Å². The van der Waals surface area contributed by atoms with E-state index in [0.717, 1.165) is 12.8 Å². The average molecular weight is 290 g/mol. The molecule has 0 saturated carbocycles. The van der Waals surface area contributed by atoms with Crippen LogP contribution in [0.1, 0.15) is 42.5 Å². The van der Waals surface area contributed by atoms with Crippen molar-refractivity contribution in [1.82, 2.24) is 9.88 Å². The van der Waals surface area contributed by atoms with Gasteiger partial charge in [0.05, 0.1) is 11.3 Å². The van der Waals surface area contributed by atoms with Crippen molar-refractivity contribution in [2.24, 2.45) is 0 Å². The predicted molar refractivity (Wildman–Crippen MR) is 81.4 cm³/mol. The maximum Gasteiger partial charge on any atom is 0.337 e. The summed E-state index contributed by atoms with van der Waals surface area (Å²) in [6.07, 6.45) is 7.41. The number of fused-ring (bicyclic) bond motifs is 2. The Morgan fingerprint density at radius 3 is 2.71 bits per heavy atom. The van der Waals surface area contributed by atoms with Gasteiger partial charge in [-0.05, 0) is 38.8 Å². The maximum atomic E-state index is 11.1. The maximum absolute atomic E-state index is 11.1. The van der Waals surface area contributed by atoms with E-state index in [1.54, 1.807) is 0 Å². The number of carboxylic acid groups (broad SMARTS) is 1. The van der Waals surface area contributed by atoms with Gasteiger partial charge in [-0.1, -0.05) is 6.42 Å². The van der Waals surface area contributed by atoms with Crippen LogP contribution in [0.15, 0.2) is 12.3 Å².